The van der Waals surface area contributed by atoms with Gasteiger partial charge in [0.05, 0.1) is 4.90 Å². The minimum atomic E-state index is -3.69. The Kier molecular flexibility index (Phi) is 7.81. The maximum atomic E-state index is 12.5. The van der Waals surface area contributed by atoms with Crippen LogP contribution in [0.1, 0.15) is 61.4 Å². The molecule has 0 radical (unpaired) electrons. The van der Waals surface area contributed by atoms with Gasteiger partial charge in [-0.25, -0.2) is 13.1 Å². The van der Waals surface area contributed by atoms with Crippen molar-refractivity contribution in [1.29, 1.82) is 0 Å². The van der Waals surface area contributed by atoms with Gasteiger partial charge in [0, 0.05) is 30.8 Å². The van der Waals surface area contributed by atoms with Gasteiger partial charge in [-0.1, -0.05) is 37.8 Å². The van der Waals surface area contributed by atoms with Crippen molar-refractivity contribution in [2.45, 2.75) is 62.9 Å². The van der Waals surface area contributed by atoms with Gasteiger partial charge in [-0.2, -0.15) is 0 Å². The van der Waals surface area contributed by atoms with Crippen molar-refractivity contribution < 1.29 is 18.0 Å². The van der Waals surface area contributed by atoms with Crippen LogP contribution in [0, 0.1) is 0 Å². The first kappa shape index (κ1) is 23.0. The quantitative estimate of drug-likeness (QED) is 0.569. The Balaban J connectivity index is 1.55. The summed E-state index contributed by atoms with van der Waals surface area (Å²) in [5, 5.41) is 5.71. The number of benzene rings is 2. The molecule has 0 atom stereocenters. The Hall–Kier alpha value is -2.71. The van der Waals surface area contributed by atoms with Gasteiger partial charge in [-0.05, 0) is 54.8 Å². The fraction of sp³-hybridized carbons (Fsp3) is 0.391. The van der Waals surface area contributed by atoms with Crippen LogP contribution in [0.15, 0.2) is 53.4 Å². The van der Waals surface area contributed by atoms with E-state index < -0.39 is 10.0 Å². The second-order valence-corrected chi connectivity index (χ2v) is 9.66. The smallest absolute Gasteiger partial charge is 0.251 e. The molecular weight excluding hydrogens is 414 g/mol. The highest BCUT2D eigenvalue weighted by molar-refractivity contribution is 7.89. The van der Waals surface area contributed by atoms with Gasteiger partial charge in [0.25, 0.3) is 5.91 Å². The fourth-order valence-electron chi connectivity index (χ4n) is 3.65. The minimum absolute atomic E-state index is 0.0849. The zero-order valence-corrected chi connectivity index (χ0v) is 18.5. The maximum Gasteiger partial charge on any atom is 0.251 e. The van der Waals surface area contributed by atoms with Crippen molar-refractivity contribution in [3.05, 3.63) is 59.7 Å². The molecule has 7 nitrogen and oxygen atoms in total. The summed E-state index contributed by atoms with van der Waals surface area (Å²) in [6.07, 6.45) is 6.82. The lowest BCUT2D eigenvalue weighted by Gasteiger charge is -2.16. The molecule has 1 aliphatic carbocycles. The van der Waals surface area contributed by atoms with Gasteiger partial charge in [-0.3, -0.25) is 9.59 Å². The van der Waals surface area contributed by atoms with Crippen LogP contribution in [0.4, 0.5) is 5.69 Å². The molecule has 0 aromatic heterocycles. The molecule has 1 aliphatic rings. The number of nitrogens with one attached hydrogen (secondary N) is 3. The number of amides is 2. The number of carbonyl (C=O) groups is 2. The Morgan fingerprint density at radius 1 is 0.903 bits per heavy atom. The third kappa shape index (κ3) is 6.90. The molecule has 8 heteroatoms. The molecule has 2 amide bonds. The second kappa shape index (κ2) is 10.5. The molecule has 0 bridgehead atoms. The average Bonchev–Trinajstić information content (AvgIpc) is 3.01. The van der Waals surface area contributed by atoms with Crippen LogP contribution >= 0.6 is 0 Å². The predicted molar refractivity (Wildman–Crippen MR) is 120 cm³/mol. The van der Waals surface area contributed by atoms with Gasteiger partial charge in [0.2, 0.25) is 15.9 Å². The molecule has 1 saturated carbocycles. The number of hydrogen-bond acceptors (Lipinski definition) is 4. The van der Waals surface area contributed by atoms with E-state index in [1.807, 2.05) is 0 Å². The molecule has 3 rings (SSSR count). The summed E-state index contributed by atoms with van der Waals surface area (Å²) in [6.45, 7) is 1.50. The summed E-state index contributed by atoms with van der Waals surface area (Å²) in [5.74, 6) is -0.307. The lowest BCUT2D eigenvalue weighted by molar-refractivity contribution is -0.114. The molecular formula is C23H29N3O4S. The molecule has 1 fully saturated rings. The van der Waals surface area contributed by atoms with E-state index in [1.165, 1.54) is 44.0 Å². The molecule has 3 N–H and O–H groups in total. The minimum Gasteiger partial charge on any atom is -0.349 e. The molecule has 0 heterocycles. The van der Waals surface area contributed by atoms with Crippen LogP contribution in [0.5, 0.6) is 0 Å². The van der Waals surface area contributed by atoms with E-state index in [4.69, 9.17) is 0 Å². The summed E-state index contributed by atoms with van der Waals surface area (Å²) in [7, 11) is -3.69. The number of hydrogen-bond donors (Lipinski definition) is 3. The van der Waals surface area contributed by atoms with Gasteiger partial charge >= 0.3 is 0 Å². The van der Waals surface area contributed by atoms with E-state index in [9.17, 15) is 18.0 Å². The summed E-state index contributed by atoms with van der Waals surface area (Å²) in [6, 6.07) is 13.1. The number of anilines is 1. The molecule has 2 aromatic carbocycles. The largest absolute Gasteiger partial charge is 0.349 e. The van der Waals surface area contributed by atoms with Gasteiger partial charge in [0.15, 0.2) is 0 Å². The highest BCUT2D eigenvalue weighted by atomic mass is 32.2. The number of carbonyl (C=O) groups excluding carboxylic acids is 2. The highest BCUT2D eigenvalue weighted by Crippen LogP contribution is 2.18. The number of rotatable bonds is 7. The average molecular weight is 444 g/mol. The van der Waals surface area contributed by atoms with E-state index in [1.54, 1.807) is 24.3 Å². The Labute approximate surface area is 183 Å². The molecule has 31 heavy (non-hydrogen) atoms. The Morgan fingerprint density at radius 2 is 1.52 bits per heavy atom. The lowest BCUT2D eigenvalue weighted by atomic mass is 10.1. The lowest BCUT2D eigenvalue weighted by Crippen LogP contribution is -2.34. The van der Waals surface area contributed by atoms with Crippen LogP contribution in [0.3, 0.4) is 0 Å². The van der Waals surface area contributed by atoms with Crippen LogP contribution in [0.25, 0.3) is 0 Å². The van der Waals surface area contributed by atoms with Crippen molar-refractivity contribution in [3.63, 3.8) is 0 Å². The van der Waals surface area contributed by atoms with Gasteiger partial charge in [0.1, 0.15) is 0 Å². The molecule has 0 spiro atoms. The monoisotopic (exact) mass is 443 g/mol. The first-order valence-electron chi connectivity index (χ1n) is 10.6. The van der Waals surface area contributed by atoms with E-state index >= 15 is 0 Å². The molecule has 166 valence electrons. The number of sulfonamides is 1. The SMILES string of the molecule is CC(=O)Nc1ccc(S(=O)(=O)NCc2ccc(C(=O)NC3CCCCCC3)cc2)cc1. The van der Waals surface area contributed by atoms with Gasteiger partial charge < -0.3 is 10.6 Å². The summed E-state index contributed by atoms with van der Waals surface area (Å²) < 4.78 is 27.6. The molecule has 0 unspecified atom stereocenters. The van der Waals surface area contributed by atoms with Crippen LogP contribution < -0.4 is 15.4 Å². The zero-order chi connectivity index (χ0) is 22.3. The van der Waals surface area contributed by atoms with Crippen molar-refractivity contribution in [1.82, 2.24) is 10.0 Å². The summed E-state index contributed by atoms with van der Waals surface area (Å²) >= 11 is 0. The summed E-state index contributed by atoms with van der Waals surface area (Å²) in [4.78, 5) is 23.7. The van der Waals surface area contributed by atoms with Crippen molar-refractivity contribution in [2.75, 3.05) is 5.32 Å². The third-order valence-corrected chi connectivity index (χ3v) is 6.77. The Morgan fingerprint density at radius 3 is 2.10 bits per heavy atom. The fourth-order valence-corrected chi connectivity index (χ4v) is 4.67. The van der Waals surface area contributed by atoms with Crippen LogP contribution in [0.2, 0.25) is 0 Å². The van der Waals surface area contributed by atoms with E-state index in [0.717, 1.165) is 31.2 Å². The van der Waals surface area contributed by atoms with Crippen LogP contribution in [-0.4, -0.2) is 26.3 Å². The first-order chi connectivity index (χ1) is 14.8. The third-order valence-electron chi connectivity index (χ3n) is 5.36. The Bertz CT molecular complexity index is 994. The van der Waals surface area contributed by atoms with E-state index in [0.29, 0.717) is 11.3 Å². The first-order valence-corrected chi connectivity index (χ1v) is 12.1. The van der Waals surface area contributed by atoms with Crippen LogP contribution in [-0.2, 0) is 21.4 Å². The molecule has 0 saturated heterocycles. The maximum absolute atomic E-state index is 12.5. The topological polar surface area (TPSA) is 104 Å². The highest BCUT2D eigenvalue weighted by Gasteiger charge is 2.16. The predicted octanol–water partition coefficient (Wildman–Crippen LogP) is 3.58. The van der Waals surface area contributed by atoms with Crippen molar-refractivity contribution >= 4 is 27.5 Å². The van der Waals surface area contributed by atoms with Crippen molar-refractivity contribution in [3.8, 4) is 0 Å². The summed E-state index contributed by atoms with van der Waals surface area (Å²) in [5.41, 5.74) is 1.86. The van der Waals surface area contributed by atoms with E-state index in [-0.39, 0.29) is 29.3 Å². The van der Waals surface area contributed by atoms with E-state index in [2.05, 4.69) is 15.4 Å². The second-order valence-electron chi connectivity index (χ2n) is 7.89. The van der Waals surface area contributed by atoms with Crippen molar-refractivity contribution in [2.24, 2.45) is 0 Å². The standard InChI is InChI=1S/C23H29N3O4S/c1-17(27)25-21-12-14-22(15-13-21)31(29,30)24-16-18-8-10-19(11-9-18)23(28)26-20-6-4-2-3-5-7-20/h8-15,20,24H,2-7,16H2,1H3,(H,25,27)(H,26,28). The normalized spacial score (nSPS) is 15.1. The zero-order valence-electron chi connectivity index (χ0n) is 17.7. The van der Waals surface area contributed by atoms with Gasteiger partial charge in [-0.15, -0.1) is 0 Å². The molecule has 2 aromatic rings. The molecule has 0 aliphatic heterocycles.